The highest BCUT2D eigenvalue weighted by Crippen LogP contribution is 2.41. The highest BCUT2D eigenvalue weighted by atomic mass is 16.5. The van der Waals surface area contributed by atoms with E-state index < -0.39 is 0 Å². The van der Waals surface area contributed by atoms with Crippen LogP contribution < -0.4 is 0 Å². The second kappa shape index (κ2) is 4.73. The van der Waals surface area contributed by atoms with Gasteiger partial charge in [0.15, 0.2) is 0 Å². The molecule has 1 amide bonds. The number of hydrogen-bond donors (Lipinski definition) is 0. The Morgan fingerprint density at radius 2 is 2.22 bits per heavy atom. The van der Waals surface area contributed by atoms with Gasteiger partial charge in [-0.2, -0.15) is 0 Å². The van der Waals surface area contributed by atoms with Gasteiger partial charge in [-0.15, -0.1) is 0 Å². The second-order valence-corrected chi connectivity index (χ2v) is 5.20. The number of methoxy groups -OCH3 is 1. The number of hydrogen-bond acceptors (Lipinski definition) is 2. The minimum absolute atomic E-state index is 0.291. The molecule has 0 spiro atoms. The number of aryl methyl sites for hydroxylation is 1. The Morgan fingerprint density at radius 1 is 1.39 bits per heavy atom. The van der Waals surface area contributed by atoms with Gasteiger partial charge in [0, 0.05) is 32.0 Å². The zero-order chi connectivity index (χ0) is 12.5. The Kier molecular flexibility index (Phi) is 3.08. The van der Waals surface area contributed by atoms with Crippen LogP contribution in [0, 0.1) is 0 Å². The molecule has 1 saturated heterocycles. The van der Waals surface area contributed by atoms with Crippen molar-refractivity contribution in [1.82, 2.24) is 4.90 Å². The van der Waals surface area contributed by atoms with Gasteiger partial charge in [0.2, 0.25) is 5.91 Å². The molecule has 18 heavy (non-hydrogen) atoms. The molecule has 1 aromatic rings. The first-order valence-electron chi connectivity index (χ1n) is 6.67. The number of carbonyl (C=O) groups is 1. The van der Waals surface area contributed by atoms with Crippen LogP contribution in [0.2, 0.25) is 0 Å². The zero-order valence-electron chi connectivity index (χ0n) is 10.8. The third-order valence-electron chi connectivity index (χ3n) is 4.28. The lowest BCUT2D eigenvalue weighted by Crippen LogP contribution is -2.39. The third kappa shape index (κ3) is 1.83. The van der Waals surface area contributed by atoms with Crippen molar-refractivity contribution in [1.29, 1.82) is 0 Å². The predicted molar refractivity (Wildman–Crippen MR) is 69.5 cm³/mol. The third-order valence-corrected chi connectivity index (χ3v) is 4.28. The van der Waals surface area contributed by atoms with Crippen LogP contribution in [-0.4, -0.2) is 37.1 Å². The van der Waals surface area contributed by atoms with Crippen molar-refractivity contribution in [3.05, 3.63) is 35.4 Å². The summed E-state index contributed by atoms with van der Waals surface area (Å²) >= 11 is 0. The largest absolute Gasteiger partial charge is 0.383 e. The molecular weight excluding hydrogens is 226 g/mol. The van der Waals surface area contributed by atoms with Crippen LogP contribution in [0.15, 0.2) is 24.3 Å². The summed E-state index contributed by atoms with van der Waals surface area (Å²) < 4.78 is 5.11. The van der Waals surface area contributed by atoms with E-state index in [1.54, 1.807) is 7.11 Å². The van der Waals surface area contributed by atoms with Crippen molar-refractivity contribution < 1.29 is 9.53 Å². The molecular formula is C15H19NO2. The van der Waals surface area contributed by atoms with E-state index in [-0.39, 0.29) is 0 Å². The molecule has 0 radical (unpaired) electrons. The van der Waals surface area contributed by atoms with Crippen molar-refractivity contribution in [2.45, 2.75) is 31.2 Å². The van der Waals surface area contributed by atoms with Crippen LogP contribution in [0.1, 0.15) is 29.9 Å². The quantitative estimate of drug-likeness (QED) is 0.814. The molecule has 0 unspecified atom stereocenters. The van der Waals surface area contributed by atoms with Gasteiger partial charge in [-0.05, 0) is 24.0 Å². The van der Waals surface area contributed by atoms with Crippen molar-refractivity contribution in [2.24, 2.45) is 0 Å². The van der Waals surface area contributed by atoms with E-state index in [1.807, 2.05) is 4.90 Å². The first kappa shape index (κ1) is 11.7. The predicted octanol–water partition coefficient (Wildman–Crippen LogP) is 1.96. The van der Waals surface area contributed by atoms with Gasteiger partial charge >= 0.3 is 0 Å². The van der Waals surface area contributed by atoms with Gasteiger partial charge in [0.1, 0.15) is 0 Å². The molecule has 96 valence electrons. The molecule has 3 heteroatoms. The first-order chi connectivity index (χ1) is 8.81. The lowest BCUT2D eigenvalue weighted by Gasteiger charge is -2.33. The fourth-order valence-corrected chi connectivity index (χ4v) is 3.42. The number of nitrogens with zero attached hydrogens (tertiary/aromatic N) is 1. The Hall–Kier alpha value is -1.35. The van der Waals surface area contributed by atoms with Gasteiger partial charge in [0.05, 0.1) is 6.61 Å². The van der Waals surface area contributed by atoms with E-state index in [0.29, 0.717) is 30.9 Å². The van der Waals surface area contributed by atoms with Crippen LogP contribution in [-0.2, 0) is 16.0 Å². The number of carbonyl (C=O) groups excluding carboxylic acids is 1. The van der Waals surface area contributed by atoms with Gasteiger partial charge in [-0.25, -0.2) is 0 Å². The smallest absolute Gasteiger partial charge is 0.223 e. The summed E-state index contributed by atoms with van der Waals surface area (Å²) in [5, 5.41) is 0. The van der Waals surface area contributed by atoms with E-state index in [0.717, 1.165) is 19.4 Å². The second-order valence-electron chi connectivity index (χ2n) is 5.20. The lowest BCUT2D eigenvalue weighted by molar-refractivity contribution is -0.129. The lowest BCUT2D eigenvalue weighted by atomic mass is 9.79. The molecule has 2 atom stereocenters. The van der Waals surface area contributed by atoms with Crippen LogP contribution in [0.25, 0.3) is 0 Å². The maximum Gasteiger partial charge on any atom is 0.223 e. The molecule has 1 fully saturated rings. The molecule has 1 aliphatic carbocycles. The first-order valence-corrected chi connectivity index (χ1v) is 6.67. The van der Waals surface area contributed by atoms with Crippen LogP contribution in [0.4, 0.5) is 0 Å². The number of rotatable bonds is 3. The maximum atomic E-state index is 12.1. The summed E-state index contributed by atoms with van der Waals surface area (Å²) in [6.07, 6.45) is 2.86. The van der Waals surface area contributed by atoms with Crippen LogP contribution >= 0.6 is 0 Å². The van der Waals surface area contributed by atoms with Crippen LogP contribution in [0.5, 0.6) is 0 Å². The topological polar surface area (TPSA) is 29.5 Å². The summed E-state index contributed by atoms with van der Waals surface area (Å²) in [4.78, 5) is 14.2. The number of likely N-dealkylation sites (tertiary alicyclic amines) is 1. The van der Waals surface area contributed by atoms with E-state index in [9.17, 15) is 4.79 Å². The molecule has 1 heterocycles. The van der Waals surface area contributed by atoms with Crippen molar-refractivity contribution >= 4 is 5.91 Å². The van der Waals surface area contributed by atoms with E-state index in [1.165, 1.54) is 11.1 Å². The van der Waals surface area contributed by atoms with Gasteiger partial charge in [-0.1, -0.05) is 24.3 Å². The Balaban J connectivity index is 1.86. The molecule has 3 rings (SSSR count). The van der Waals surface area contributed by atoms with E-state index in [2.05, 4.69) is 24.3 Å². The highest BCUT2D eigenvalue weighted by molar-refractivity contribution is 5.81. The van der Waals surface area contributed by atoms with Gasteiger partial charge in [-0.3, -0.25) is 4.79 Å². The maximum absolute atomic E-state index is 12.1. The number of fused-ring (bicyclic) bond motifs is 3. The molecule has 1 aliphatic heterocycles. The monoisotopic (exact) mass is 245 g/mol. The SMILES string of the molecule is COCCN1C(=O)C[C@@H]2c3ccccc3CC[C@@H]21. The normalized spacial score (nSPS) is 26.1. The number of benzene rings is 1. The van der Waals surface area contributed by atoms with Crippen molar-refractivity contribution in [3.63, 3.8) is 0 Å². The van der Waals surface area contributed by atoms with Crippen molar-refractivity contribution in [3.8, 4) is 0 Å². The summed E-state index contributed by atoms with van der Waals surface area (Å²) in [5.41, 5.74) is 2.82. The fourth-order valence-electron chi connectivity index (χ4n) is 3.42. The number of amides is 1. The standard InChI is InChI=1S/C15H19NO2/c1-18-9-8-16-14-7-6-11-4-2-3-5-12(11)13(14)10-15(16)17/h2-5,13-14H,6-10H2,1H3/t13-,14+/m1/s1. The zero-order valence-corrected chi connectivity index (χ0v) is 10.8. The molecule has 1 aromatic carbocycles. The summed E-state index contributed by atoms with van der Waals surface area (Å²) in [6, 6.07) is 8.97. The molecule has 0 N–H and O–H groups in total. The highest BCUT2D eigenvalue weighted by Gasteiger charge is 2.42. The average Bonchev–Trinajstić information content (AvgIpc) is 2.72. The van der Waals surface area contributed by atoms with E-state index >= 15 is 0 Å². The Bertz CT molecular complexity index is 458. The molecule has 0 saturated carbocycles. The Labute approximate surface area is 108 Å². The molecule has 2 aliphatic rings. The van der Waals surface area contributed by atoms with Gasteiger partial charge < -0.3 is 9.64 Å². The average molecular weight is 245 g/mol. The van der Waals surface area contributed by atoms with Crippen molar-refractivity contribution in [2.75, 3.05) is 20.3 Å². The van der Waals surface area contributed by atoms with Gasteiger partial charge in [0.25, 0.3) is 0 Å². The molecule has 0 bridgehead atoms. The minimum Gasteiger partial charge on any atom is -0.383 e. The summed E-state index contributed by atoms with van der Waals surface area (Å²) in [5.74, 6) is 0.693. The summed E-state index contributed by atoms with van der Waals surface area (Å²) in [6.45, 7) is 1.37. The van der Waals surface area contributed by atoms with E-state index in [4.69, 9.17) is 4.74 Å². The van der Waals surface area contributed by atoms with Crippen LogP contribution in [0.3, 0.4) is 0 Å². The summed E-state index contributed by atoms with van der Waals surface area (Å²) in [7, 11) is 1.69. The Morgan fingerprint density at radius 3 is 3.06 bits per heavy atom. The minimum atomic E-state index is 0.291. The molecule has 3 nitrogen and oxygen atoms in total. The fraction of sp³-hybridized carbons (Fsp3) is 0.533. The number of ether oxygens (including phenoxy) is 1. The molecule has 0 aromatic heterocycles.